The number of nitrogens with zero attached hydrogens (tertiary/aromatic N) is 2. The number of rotatable bonds is 36. The average Bonchev–Trinajstić information content (AvgIpc) is 3.27. The molecular weight excluding hydrogens is 787 g/mol. The van der Waals surface area contributed by atoms with Gasteiger partial charge in [0.2, 0.25) is 5.91 Å². The Morgan fingerprint density at radius 2 is 1.06 bits per heavy atom. The summed E-state index contributed by atoms with van der Waals surface area (Å²) in [5.74, 6) is -0.887. The normalized spacial score (nSPS) is 19.2. The molecule has 0 saturated carbocycles. The third-order valence-corrected chi connectivity index (χ3v) is 12.2. The fourth-order valence-corrected chi connectivity index (χ4v) is 8.32. The van der Waals surface area contributed by atoms with E-state index >= 15 is 0 Å². The van der Waals surface area contributed by atoms with Crippen molar-refractivity contribution >= 4 is 18.1 Å². The molecule has 1 aliphatic rings. The number of imide groups is 1. The summed E-state index contributed by atoms with van der Waals surface area (Å²) in [4.78, 5) is 43.6. The van der Waals surface area contributed by atoms with Crippen LogP contribution in [0.15, 0.2) is 30.3 Å². The minimum atomic E-state index is -1.81. The largest absolute Gasteiger partial charge is 0.449 e. The van der Waals surface area contributed by atoms with E-state index in [1.54, 1.807) is 24.3 Å². The van der Waals surface area contributed by atoms with E-state index in [0.29, 0.717) is 23.3 Å². The maximum Gasteiger partial charge on any atom is 0.417 e. The lowest BCUT2D eigenvalue weighted by Crippen LogP contribution is -2.71. The van der Waals surface area contributed by atoms with Gasteiger partial charge in [0.25, 0.3) is 0 Å². The van der Waals surface area contributed by atoms with Crippen LogP contribution in [-0.2, 0) is 25.6 Å². The molecule has 1 aromatic rings. The van der Waals surface area contributed by atoms with Crippen molar-refractivity contribution in [1.29, 1.82) is 0 Å². The fraction of sp³-hybridized carbons (Fsp3) is 0.820. The van der Waals surface area contributed by atoms with Crippen LogP contribution in [0.25, 0.3) is 0 Å². The van der Waals surface area contributed by atoms with Gasteiger partial charge in [-0.15, -0.1) is 0 Å². The van der Waals surface area contributed by atoms with Gasteiger partial charge in [-0.25, -0.2) is 14.5 Å². The van der Waals surface area contributed by atoms with E-state index in [9.17, 15) is 29.7 Å². The smallest absolute Gasteiger partial charge is 0.417 e. The van der Waals surface area contributed by atoms with Gasteiger partial charge in [0.15, 0.2) is 6.23 Å². The van der Waals surface area contributed by atoms with Crippen molar-refractivity contribution in [2.24, 2.45) is 5.73 Å². The van der Waals surface area contributed by atoms with Gasteiger partial charge in [0.05, 0.1) is 19.3 Å². The van der Waals surface area contributed by atoms with Crippen LogP contribution in [0.2, 0.25) is 0 Å². The van der Waals surface area contributed by atoms with Gasteiger partial charge < -0.3 is 35.3 Å². The number of hydrogen-bond donors (Lipinski definition) is 4. The Morgan fingerprint density at radius 1 is 0.629 bits per heavy atom. The maximum atomic E-state index is 14.0. The van der Waals surface area contributed by atoms with E-state index < -0.39 is 61.3 Å². The van der Waals surface area contributed by atoms with E-state index in [1.807, 2.05) is 6.07 Å². The molecule has 2 rings (SSSR count). The van der Waals surface area contributed by atoms with E-state index in [-0.39, 0.29) is 19.8 Å². The monoisotopic (exact) mass is 876 g/mol. The van der Waals surface area contributed by atoms with Crippen LogP contribution < -0.4 is 5.73 Å². The summed E-state index contributed by atoms with van der Waals surface area (Å²) in [7, 11) is 0. The molecular formula is C50H89N3O9. The molecule has 358 valence electrons. The van der Waals surface area contributed by atoms with Gasteiger partial charge in [-0.3, -0.25) is 9.69 Å². The maximum absolute atomic E-state index is 14.0. The SMILES string of the molecule is CCCCCCCCCCCCCCCCCCN(C(=O)OCCCCCCCCCCCCCC)[C@@H]1O[C@H](CO)[C@@H](O)[C@H](O)[C@H]1N(C(=O)OCc1ccccc1)C(=O)[C@H](C)N. The standard InChI is InChI=1S/C50H89N3O9/c1-4-6-8-10-12-14-16-18-19-20-21-22-24-26-28-33-37-52(49(58)60-38-34-29-27-25-23-17-15-13-11-9-7-5-2)48-44(46(56)45(55)43(39-54)62-48)53(47(57)41(3)51)50(59)61-40-42-35-31-30-32-36-42/h30-32,35-36,41,43-46,48,54-56H,4-29,33-34,37-40,51H2,1-3H3/t41-,43+,44+,45+,46+,48+/m0/s1. The zero-order chi connectivity index (χ0) is 45.2. The highest BCUT2D eigenvalue weighted by atomic mass is 16.6. The van der Waals surface area contributed by atoms with Crippen LogP contribution in [-0.4, -0.2) is 99.6 Å². The van der Waals surface area contributed by atoms with Crippen molar-refractivity contribution in [3.8, 4) is 0 Å². The summed E-state index contributed by atoms with van der Waals surface area (Å²) in [6.07, 6.45) is 24.9. The molecule has 1 aromatic carbocycles. The third kappa shape index (κ3) is 22.7. The minimum Gasteiger partial charge on any atom is -0.449 e. The van der Waals surface area contributed by atoms with Gasteiger partial charge in [0.1, 0.15) is 31.0 Å². The van der Waals surface area contributed by atoms with Crippen LogP contribution in [0.3, 0.4) is 0 Å². The Labute approximate surface area is 376 Å². The number of aliphatic hydroxyl groups excluding tert-OH is 3. The highest BCUT2D eigenvalue weighted by Crippen LogP contribution is 2.30. The Kier molecular flexibility index (Phi) is 31.8. The number of unbranched alkanes of at least 4 members (excludes halogenated alkanes) is 26. The summed E-state index contributed by atoms with van der Waals surface area (Å²) >= 11 is 0. The lowest BCUT2D eigenvalue weighted by Gasteiger charge is -2.49. The van der Waals surface area contributed by atoms with Crippen molar-refractivity contribution in [3.63, 3.8) is 0 Å². The van der Waals surface area contributed by atoms with Crippen molar-refractivity contribution in [3.05, 3.63) is 35.9 Å². The predicted octanol–water partition coefficient (Wildman–Crippen LogP) is 10.7. The van der Waals surface area contributed by atoms with E-state index in [2.05, 4.69) is 13.8 Å². The summed E-state index contributed by atoms with van der Waals surface area (Å²) in [5, 5.41) is 32.9. The molecule has 0 aromatic heterocycles. The number of ether oxygens (including phenoxy) is 3. The Bertz CT molecular complexity index is 1270. The number of aliphatic hydroxyl groups is 3. The van der Waals surface area contributed by atoms with Gasteiger partial charge >= 0.3 is 12.2 Å². The van der Waals surface area contributed by atoms with E-state index in [0.717, 1.165) is 44.9 Å². The molecule has 0 aliphatic carbocycles. The first kappa shape index (κ1) is 55.4. The molecule has 0 unspecified atom stereocenters. The van der Waals surface area contributed by atoms with Crippen molar-refractivity contribution in [2.75, 3.05) is 19.8 Å². The molecule has 6 atom stereocenters. The number of nitrogens with two attached hydrogens (primary N) is 1. The van der Waals surface area contributed by atoms with Crippen LogP contribution >= 0.6 is 0 Å². The first-order valence-electron chi connectivity index (χ1n) is 25.0. The molecule has 62 heavy (non-hydrogen) atoms. The van der Waals surface area contributed by atoms with Crippen molar-refractivity contribution in [1.82, 2.24) is 9.80 Å². The fourth-order valence-electron chi connectivity index (χ4n) is 8.32. The molecule has 1 aliphatic heterocycles. The molecule has 12 heteroatoms. The summed E-state index contributed by atoms with van der Waals surface area (Å²) < 4.78 is 17.5. The number of amides is 3. The lowest BCUT2D eigenvalue weighted by atomic mass is 9.93. The molecule has 0 spiro atoms. The van der Waals surface area contributed by atoms with E-state index in [4.69, 9.17) is 19.9 Å². The summed E-state index contributed by atoms with van der Waals surface area (Å²) in [5.41, 5.74) is 6.70. The number of carbonyl (C=O) groups is 3. The summed E-state index contributed by atoms with van der Waals surface area (Å²) in [6, 6.07) is 6.09. The van der Waals surface area contributed by atoms with Crippen molar-refractivity contribution in [2.45, 2.75) is 244 Å². The second kappa shape index (κ2) is 35.6. The third-order valence-electron chi connectivity index (χ3n) is 12.2. The predicted molar refractivity (Wildman–Crippen MR) is 247 cm³/mol. The number of hydrogen-bond acceptors (Lipinski definition) is 10. The Hall–Kier alpha value is -2.77. The molecule has 12 nitrogen and oxygen atoms in total. The highest BCUT2D eigenvalue weighted by Gasteiger charge is 2.54. The van der Waals surface area contributed by atoms with Crippen molar-refractivity contribution < 1.29 is 43.9 Å². The van der Waals surface area contributed by atoms with Crippen LogP contribution in [0.4, 0.5) is 9.59 Å². The number of carbonyl (C=O) groups excluding carboxylic acids is 3. The molecule has 0 radical (unpaired) electrons. The molecule has 3 amide bonds. The van der Waals surface area contributed by atoms with Gasteiger partial charge in [0, 0.05) is 6.54 Å². The first-order valence-corrected chi connectivity index (χ1v) is 25.0. The molecule has 1 fully saturated rings. The molecule has 1 saturated heterocycles. The molecule has 1 heterocycles. The molecule has 5 N–H and O–H groups in total. The van der Waals surface area contributed by atoms with Crippen LogP contribution in [0.1, 0.15) is 206 Å². The van der Waals surface area contributed by atoms with Crippen LogP contribution in [0.5, 0.6) is 0 Å². The Morgan fingerprint density at radius 3 is 1.50 bits per heavy atom. The first-order chi connectivity index (χ1) is 30.2. The summed E-state index contributed by atoms with van der Waals surface area (Å²) in [6.45, 7) is 5.33. The zero-order valence-electron chi connectivity index (χ0n) is 39.2. The van der Waals surface area contributed by atoms with Gasteiger partial charge in [-0.2, -0.15) is 0 Å². The average molecular weight is 876 g/mol. The lowest BCUT2D eigenvalue weighted by molar-refractivity contribution is -0.241. The van der Waals surface area contributed by atoms with Gasteiger partial charge in [-0.05, 0) is 25.3 Å². The minimum absolute atomic E-state index is 0.136. The topological polar surface area (TPSA) is 172 Å². The molecule has 0 bridgehead atoms. The second-order valence-corrected chi connectivity index (χ2v) is 17.8. The highest BCUT2D eigenvalue weighted by molar-refractivity contribution is 5.95. The van der Waals surface area contributed by atoms with Crippen LogP contribution in [0, 0.1) is 0 Å². The van der Waals surface area contributed by atoms with Gasteiger partial charge in [-0.1, -0.05) is 211 Å². The second-order valence-electron chi connectivity index (χ2n) is 17.8. The Balaban J connectivity index is 2.08. The van der Waals surface area contributed by atoms with E-state index in [1.165, 1.54) is 134 Å². The zero-order valence-corrected chi connectivity index (χ0v) is 39.2. The number of benzene rings is 1. The quantitative estimate of drug-likeness (QED) is 0.0476.